The fourth-order valence-corrected chi connectivity index (χ4v) is 3.11. The third kappa shape index (κ3) is 4.20. The second-order valence-electron chi connectivity index (χ2n) is 6.99. The third-order valence-corrected chi connectivity index (χ3v) is 5.10. The largest absolute Gasteiger partial charge is 0.350 e. The van der Waals surface area contributed by atoms with Crippen molar-refractivity contribution in [1.29, 1.82) is 5.26 Å². The van der Waals surface area contributed by atoms with E-state index in [2.05, 4.69) is 29.8 Å². The third-order valence-electron chi connectivity index (χ3n) is 5.10. The summed E-state index contributed by atoms with van der Waals surface area (Å²) in [6.07, 6.45) is 3.84. The number of rotatable bonds is 4. The summed E-state index contributed by atoms with van der Waals surface area (Å²) < 4.78 is 0. The van der Waals surface area contributed by atoms with Crippen molar-refractivity contribution in [2.24, 2.45) is 17.8 Å². The lowest BCUT2D eigenvalue weighted by atomic mass is 9.96. The minimum atomic E-state index is -0.549. The van der Waals surface area contributed by atoms with Crippen LogP contribution in [0.15, 0.2) is 0 Å². The molecule has 0 bridgehead atoms. The zero-order chi connectivity index (χ0) is 16.2. The van der Waals surface area contributed by atoms with Gasteiger partial charge in [0.25, 0.3) is 0 Å². The van der Waals surface area contributed by atoms with E-state index in [1.807, 2.05) is 6.07 Å². The lowest BCUT2D eigenvalue weighted by Crippen LogP contribution is -2.31. The van der Waals surface area contributed by atoms with E-state index in [1.54, 1.807) is 0 Å². The van der Waals surface area contributed by atoms with Gasteiger partial charge in [-0.05, 0) is 50.6 Å². The van der Waals surface area contributed by atoms with Crippen LogP contribution in [-0.4, -0.2) is 37.0 Å². The van der Waals surface area contributed by atoms with Crippen molar-refractivity contribution in [3.63, 3.8) is 0 Å². The summed E-state index contributed by atoms with van der Waals surface area (Å²) in [5.74, 6) is 1.71. The monoisotopic (exact) mass is 306 g/mol. The second kappa shape index (κ2) is 7.10. The Kier molecular flexibility index (Phi) is 5.41. The molecule has 2 aliphatic heterocycles. The predicted molar refractivity (Wildman–Crippen MR) is 82.6 cm³/mol. The normalized spacial score (nSPS) is 32.4. The van der Waals surface area contributed by atoms with E-state index < -0.39 is 6.04 Å². The fraction of sp³-hybridized carbons (Fsp3) is 0.812. The van der Waals surface area contributed by atoms with Crippen molar-refractivity contribution in [3.05, 3.63) is 0 Å². The molecule has 3 fully saturated rings. The quantitative estimate of drug-likeness (QED) is 0.661. The Morgan fingerprint density at radius 1 is 1.41 bits per heavy atom. The number of amides is 2. The first-order chi connectivity index (χ1) is 10.5. The van der Waals surface area contributed by atoms with Crippen LogP contribution in [0.25, 0.3) is 0 Å². The Bertz CT molecular complexity index is 448. The van der Waals surface area contributed by atoms with Gasteiger partial charge in [-0.3, -0.25) is 9.59 Å². The molecular formula is C16H26N4O2. The molecule has 0 radical (unpaired) electrons. The molecule has 2 saturated heterocycles. The summed E-state index contributed by atoms with van der Waals surface area (Å²) in [4.78, 5) is 21.8. The Labute approximate surface area is 132 Å². The maximum atomic E-state index is 11.5. The lowest BCUT2D eigenvalue weighted by Gasteiger charge is -2.11. The molecule has 6 nitrogen and oxygen atoms in total. The number of nitriles is 1. The van der Waals surface area contributed by atoms with Crippen LogP contribution >= 0.6 is 0 Å². The molecule has 1 spiro atoms. The Balaban J connectivity index is 0.000000211. The molecule has 6 heteroatoms. The molecule has 122 valence electrons. The van der Waals surface area contributed by atoms with Gasteiger partial charge in [0.15, 0.2) is 0 Å². The van der Waals surface area contributed by atoms with E-state index in [-0.39, 0.29) is 17.4 Å². The van der Waals surface area contributed by atoms with Gasteiger partial charge in [0.1, 0.15) is 6.04 Å². The average Bonchev–Trinajstić information content (AvgIpc) is 3.03. The Morgan fingerprint density at radius 3 is 2.41 bits per heavy atom. The van der Waals surface area contributed by atoms with Crippen molar-refractivity contribution in [1.82, 2.24) is 16.0 Å². The standard InChI is InChI=1S/C10H13N3O2.C6H13N/c11-5-8(12-6-14)3-7-4-10(1-2-10)13-9(7)15;1-5-3-7-4-6(5)2/h6-8H,1-4H2,(H,12,14)(H,13,15);5-7H,3-4H2,1-2H3. The zero-order valence-electron chi connectivity index (χ0n) is 13.4. The van der Waals surface area contributed by atoms with Crippen LogP contribution in [0.2, 0.25) is 0 Å². The molecule has 22 heavy (non-hydrogen) atoms. The first kappa shape index (κ1) is 16.8. The highest BCUT2D eigenvalue weighted by molar-refractivity contribution is 5.83. The second-order valence-corrected chi connectivity index (χ2v) is 6.99. The van der Waals surface area contributed by atoms with E-state index in [1.165, 1.54) is 13.1 Å². The first-order valence-electron chi connectivity index (χ1n) is 8.12. The van der Waals surface area contributed by atoms with Gasteiger partial charge in [-0.2, -0.15) is 5.26 Å². The Morgan fingerprint density at radius 2 is 2.05 bits per heavy atom. The maximum absolute atomic E-state index is 11.5. The summed E-state index contributed by atoms with van der Waals surface area (Å²) >= 11 is 0. The summed E-state index contributed by atoms with van der Waals surface area (Å²) in [7, 11) is 0. The molecular weight excluding hydrogens is 280 g/mol. The summed E-state index contributed by atoms with van der Waals surface area (Å²) in [5.41, 5.74) is 0.0446. The van der Waals surface area contributed by atoms with Gasteiger partial charge in [-0.1, -0.05) is 13.8 Å². The van der Waals surface area contributed by atoms with Crippen LogP contribution in [0, 0.1) is 29.1 Å². The SMILES string of the molecule is CC1CNCC1C.N#CC(CC1CC2(CC2)NC1=O)NC=O. The van der Waals surface area contributed by atoms with Crippen LogP contribution in [-0.2, 0) is 9.59 Å². The van der Waals surface area contributed by atoms with Gasteiger partial charge in [0.2, 0.25) is 12.3 Å². The average molecular weight is 306 g/mol. The number of nitrogens with one attached hydrogen (secondary N) is 3. The van der Waals surface area contributed by atoms with Gasteiger partial charge >= 0.3 is 0 Å². The van der Waals surface area contributed by atoms with E-state index in [9.17, 15) is 9.59 Å². The number of nitrogens with zero attached hydrogens (tertiary/aromatic N) is 1. The molecule has 3 N–H and O–H groups in total. The number of carbonyl (C=O) groups is 2. The summed E-state index contributed by atoms with van der Waals surface area (Å²) in [6, 6.07) is 1.43. The molecule has 1 aliphatic carbocycles. The van der Waals surface area contributed by atoms with E-state index >= 15 is 0 Å². The lowest BCUT2D eigenvalue weighted by molar-refractivity contribution is -0.123. The van der Waals surface area contributed by atoms with Gasteiger partial charge in [0.05, 0.1) is 6.07 Å². The number of hydrogen-bond acceptors (Lipinski definition) is 4. The summed E-state index contributed by atoms with van der Waals surface area (Å²) in [5, 5.41) is 17.4. The molecule has 0 aromatic carbocycles. The van der Waals surface area contributed by atoms with Crippen LogP contribution in [0.4, 0.5) is 0 Å². The van der Waals surface area contributed by atoms with Crippen LogP contribution in [0.1, 0.15) is 39.5 Å². The van der Waals surface area contributed by atoms with Gasteiger partial charge < -0.3 is 16.0 Å². The smallest absolute Gasteiger partial charge is 0.223 e. The molecule has 0 aromatic rings. The van der Waals surface area contributed by atoms with Gasteiger partial charge in [-0.15, -0.1) is 0 Å². The van der Waals surface area contributed by atoms with E-state index in [0.29, 0.717) is 12.8 Å². The maximum Gasteiger partial charge on any atom is 0.223 e. The topological polar surface area (TPSA) is 94.0 Å². The van der Waals surface area contributed by atoms with Crippen molar-refractivity contribution < 1.29 is 9.59 Å². The van der Waals surface area contributed by atoms with Crippen molar-refractivity contribution in [3.8, 4) is 6.07 Å². The van der Waals surface area contributed by atoms with Crippen LogP contribution in [0.5, 0.6) is 0 Å². The Hall–Kier alpha value is -1.61. The highest BCUT2D eigenvalue weighted by atomic mass is 16.2. The van der Waals surface area contributed by atoms with Crippen molar-refractivity contribution in [2.75, 3.05) is 13.1 Å². The summed E-state index contributed by atoms with van der Waals surface area (Å²) in [6.45, 7) is 7.04. The molecule has 3 rings (SSSR count). The molecule has 4 unspecified atom stereocenters. The van der Waals surface area contributed by atoms with Crippen LogP contribution in [0.3, 0.4) is 0 Å². The minimum absolute atomic E-state index is 0.0282. The molecule has 1 saturated carbocycles. The van der Waals surface area contributed by atoms with Crippen molar-refractivity contribution >= 4 is 12.3 Å². The number of hydrogen-bond donors (Lipinski definition) is 3. The molecule has 0 aromatic heterocycles. The van der Waals surface area contributed by atoms with Gasteiger partial charge in [0, 0.05) is 11.5 Å². The fourth-order valence-electron chi connectivity index (χ4n) is 3.11. The molecule has 4 atom stereocenters. The molecule has 3 aliphatic rings. The first-order valence-corrected chi connectivity index (χ1v) is 8.12. The van der Waals surface area contributed by atoms with E-state index in [0.717, 1.165) is 31.1 Å². The van der Waals surface area contributed by atoms with Crippen molar-refractivity contribution in [2.45, 2.75) is 51.1 Å². The predicted octanol–water partition coefficient (Wildman–Crippen LogP) is 0.545. The highest BCUT2D eigenvalue weighted by Gasteiger charge is 2.52. The molecule has 2 amide bonds. The minimum Gasteiger partial charge on any atom is -0.350 e. The highest BCUT2D eigenvalue weighted by Crippen LogP contribution is 2.46. The van der Waals surface area contributed by atoms with Crippen LogP contribution < -0.4 is 16.0 Å². The zero-order valence-corrected chi connectivity index (χ0v) is 13.4. The van der Waals surface area contributed by atoms with E-state index in [4.69, 9.17) is 5.26 Å². The number of carbonyl (C=O) groups excluding carboxylic acids is 2. The van der Waals surface area contributed by atoms with Gasteiger partial charge in [-0.25, -0.2) is 0 Å². The molecule has 2 heterocycles.